The Morgan fingerprint density at radius 2 is 1.84 bits per heavy atom. The van der Waals surface area contributed by atoms with Crippen LogP contribution in [0.3, 0.4) is 0 Å². The Balaban J connectivity index is 0.00000326. The van der Waals surface area contributed by atoms with E-state index in [2.05, 4.69) is 81.2 Å². The Hall–Kier alpha value is -2.61. The van der Waals surface area contributed by atoms with Gasteiger partial charge in [-0.3, -0.25) is 4.79 Å². The lowest BCUT2D eigenvalue weighted by Crippen LogP contribution is -2.48. The molecule has 0 saturated carbocycles. The van der Waals surface area contributed by atoms with Gasteiger partial charge in [-0.2, -0.15) is 0 Å². The molecule has 0 aromatic rings. The molecule has 4 heteroatoms. The van der Waals surface area contributed by atoms with Crippen LogP contribution < -0.4 is 0 Å². The molecule has 1 amide bonds. The number of nitrogens with zero attached hydrogens (tertiary/aromatic N) is 2. The highest BCUT2D eigenvalue weighted by molar-refractivity contribution is 5.80. The predicted octanol–water partition coefficient (Wildman–Crippen LogP) is 7.26. The lowest BCUT2D eigenvalue weighted by Gasteiger charge is -2.39. The number of allylic oxidation sites excluding steroid dienone is 7. The number of piperidine rings is 1. The van der Waals surface area contributed by atoms with Gasteiger partial charge in [0, 0.05) is 25.7 Å². The van der Waals surface area contributed by atoms with Crippen LogP contribution in [0.15, 0.2) is 71.4 Å². The number of aliphatic hydroxyl groups excluding tert-OH is 1. The second-order valence-corrected chi connectivity index (χ2v) is 11.1. The number of carbonyl (C=O) groups is 1. The minimum atomic E-state index is 0.0119. The van der Waals surface area contributed by atoms with Crippen molar-refractivity contribution in [1.82, 2.24) is 9.80 Å². The number of rotatable bonds is 10. The molecule has 0 spiro atoms. The van der Waals surface area contributed by atoms with Crippen LogP contribution in [-0.4, -0.2) is 59.6 Å². The summed E-state index contributed by atoms with van der Waals surface area (Å²) in [7, 11) is 0. The smallest absolute Gasteiger partial charge is 0.227 e. The van der Waals surface area contributed by atoms with Gasteiger partial charge in [0.15, 0.2) is 0 Å². The first kappa shape index (κ1) is 35.4. The zero-order valence-electron chi connectivity index (χ0n) is 25.3. The number of terminal acetylenes is 1. The number of hydrogen-bond donors (Lipinski definition) is 1. The van der Waals surface area contributed by atoms with Crippen LogP contribution in [0.1, 0.15) is 80.6 Å². The van der Waals surface area contributed by atoms with E-state index in [0.29, 0.717) is 18.4 Å². The van der Waals surface area contributed by atoms with Crippen LogP contribution in [0.25, 0.3) is 0 Å². The monoisotopic (exact) mass is 522 g/mol. The van der Waals surface area contributed by atoms with E-state index >= 15 is 0 Å². The van der Waals surface area contributed by atoms with Crippen LogP contribution >= 0.6 is 0 Å². The highest BCUT2D eigenvalue weighted by atomic mass is 16.3. The Morgan fingerprint density at radius 1 is 1.21 bits per heavy atom. The van der Waals surface area contributed by atoms with Crippen molar-refractivity contribution in [2.45, 2.75) is 86.6 Å². The molecule has 2 rings (SSSR count). The average molecular weight is 523 g/mol. The van der Waals surface area contributed by atoms with E-state index in [1.807, 2.05) is 32.9 Å². The Kier molecular flexibility index (Phi) is 18.1. The van der Waals surface area contributed by atoms with Crippen molar-refractivity contribution in [2.24, 2.45) is 5.41 Å². The topological polar surface area (TPSA) is 43.8 Å². The van der Waals surface area contributed by atoms with E-state index in [4.69, 9.17) is 0 Å². The van der Waals surface area contributed by atoms with Gasteiger partial charge in [0.05, 0.1) is 13.0 Å². The zero-order valence-corrected chi connectivity index (χ0v) is 25.3. The molecule has 0 unspecified atom stereocenters. The van der Waals surface area contributed by atoms with Gasteiger partial charge in [0.25, 0.3) is 0 Å². The van der Waals surface area contributed by atoms with E-state index < -0.39 is 0 Å². The van der Waals surface area contributed by atoms with E-state index in [1.54, 1.807) is 6.08 Å². The molecule has 38 heavy (non-hydrogen) atoms. The minimum Gasteiger partial charge on any atom is -0.392 e. The van der Waals surface area contributed by atoms with Gasteiger partial charge < -0.3 is 14.9 Å². The summed E-state index contributed by atoms with van der Waals surface area (Å²) < 4.78 is 0. The summed E-state index contributed by atoms with van der Waals surface area (Å²) in [5.41, 5.74) is 4.59. The first-order chi connectivity index (χ1) is 18.1. The molecule has 2 aliphatic rings. The maximum absolute atomic E-state index is 13.6. The molecule has 0 aromatic carbocycles. The molecule has 0 aromatic heterocycles. The molecular formula is C34H54N2O2. The van der Waals surface area contributed by atoms with Gasteiger partial charge in [-0.25, -0.2) is 0 Å². The lowest BCUT2D eigenvalue weighted by atomic mass is 9.91. The normalized spacial score (nSPS) is 17.1. The number of carbonyl (C=O) groups excluding carboxylic acids is 1. The van der Waals surface area contributed by atoms with E-state index in [-0.39, 0.29) is 18.6 Å². The summed E-state index contributed by atoms with van der Waals surface area (Å²) in [6.45, 7) is 22.5. The molecule has 1 aliphatic heterocycles. The van der Waals surface area contributed by atoms with Crippen molar-refractivity contribution in [3.63, 3.8) is 0 Å². The lowest BCUT2D eigenvalue weighted by molar-refractivity contribution is -0.133. The van der Waals surface area contributed by atoms with Crippen LogP contribution in [0.2, 0.25) is 0 Å². The third-order valence-corrected chi connectivity index (χ3v) is 6.57. The number of hydrogen-bond acceptors (Lipinski definition) is 3. The standard InChI is InChI=1S/C30H46N2O2.C2H6.C2H2/c1-7-9-27(20-25(3)23-33)22-32(29(34)21-26-11-8-10-24(2)12-13-26)28-14-17-31(18-15-28)19-16-30(4,5)6;2*1-2/h7-9,11-13,20,28,33H,1,10,14-19,21-23H2,2-6H3;1-2H3;1-2H/b25-20+,27-9+;;. The number of amides is 1. The molecule has 1 fully saturated rings. The molecule has 0 atom stereocenters. The molecule has 4 nitrogen and oxygen atoms in total. The fourth-order valence-corrected chi connectivity index (χ4v) is 4.39. The molecule has 1 aliphatic carbocycles. The van der Waals surface area contributed by atoms with Crippen LogP contribution in [-0.2, 0) is 4.79 Å². The Labute approximate surface area is 234 Å². The van der Waals surface area contributed by atoms with Crippen molar-refractivity contribution in [1.29, 1.82) is 0 Å². The van der Waals surface area contributed by atoms with Crippen LogP contribution in [0, 0.1) is 18.3 Å². The molecule has 1 saturated heterocycles. The summed E-state index contributed by atoms with van der Waals surface area (Å²) in [5, 5.41) is 9.52. The second-order valence-electron chi connectivity index (χ2n) is 11.1. The number of likely N-dealkylation sites (tertiary alicyclic amines) is 1. The second kappa shape index (κ2) is 19.5. The molecule has 1 N–H and O–H groups in total. The fourth-order valence-electron chi connectivity index (χ4n) is 4.39. The van der Waals surface area contributed by atoms with E-state index in [9.17, 15) is 9.90 Å². The zero-order chi connectivity index (χ0) is 29.1. The summed E-state index contributed by atoms with van der Waals surface area (Å²) in [4.78, 5) is 18.3. The first-order valence-electron chi connectivity index (χ1n) is 14.1. The van der Waals surface area contributed by atoms with Crippen LogP contribution in [0.5, 0.6) is 0 Å². The van der Waals surface area contributed by atoms with Crippen molar-refractivity contribution in [3.05, 3.63) is 71.4 Å². The third kappa shape index (κ3) is 14.4. The molecule has 0 radical (unpaired) electrons. The largest absolute Gasteiger partial charge is 0.392 e. The third-order valence-electron chi connectivity index (χ3n) is 6.57. The van der Waals surface area contributed by atoms with Gasteiger partial charge in [-0.15, -0.1) is 12.8 Å². The van der Waals surface area contributed by atoms with Gasteiger partial charge in [0.1, 0.15) is 0 Å². The number of aliphatic hydroxyl groups is 1. The molecule has 1 heterocycles. The summed E-state index contributed by atoms with van der Waals surface area (Å²) in [5.74, 6) is 0.169. The Morgan fingerprint density at radius 3 is 2.39 bits per heavy atom. The quantitative estimate of drug-likeness (QED) is 0.242. The average Bonchev–Trinajstić information content (AvgIpc) is 3.11. The minimum absolute atomic E-state index is 0.0119. The summed E-state index contributed by atoms with van der Waals surface area (Å²) in [6, 6.07) is 0.224. The van der Waals surface area contributed by atoms with Crippen LogP contribution in [0.4, 0.5) is 0 Å². The first-order valence-corrected chi connectivity index (χ1v) is 14.1. The maximum atomic E-state index is 13.6. The maximum Gasteiger partial charge on any atom is 0.227 e. The Bertz CT molecular complexity index is 885. The molecule has 0 bridgehead atoms. The van der Waals surface area contributed by atoms with Gasteiger partial charge in [0.2, 0.25) is 5.91 Å². The van der Waals surface area contributed by atoms with Gasteiger partial charge >= 0.3 is 0 Å². The van der Waals surface area contributed by atoms with Gasteiger partial charge in [-0.1, -0.05) is 89.3 Å². The molecular weight excluding hydrogens is 468 g/mol. The van der Waals surface area contributed by atoms with Crippen molar-refractivity contribution >= 4 is 5.91 Å². The van der Waals surface area contributed by atoms with Crippen molar-refractivity contribution in [3.8, 4) is 12.8 Å². The predicted molar refractivity (Wildman–Crippen MR) is 166 cm³/mol. The van der Waals surface area contributed by atoms with Crippen molar-refractivity contribution < 1.29 is 9.90 Å². The van der Waals surface area contributed by atoms with Crippen molar-refractivity contribution in [2.75, 3.05) is 32.8 Å². The van der Waals surface area contributed by atoms with E-state index in [1.165, 1.54) is 12.0 Å². The fraction of sp³-hybridized carbons (Fsp3) is 0.559. The van der Waals surface area contributed by atoms with E-state index in [0.717, 1.165) is 55.6 Å². The highest BCUT2D eigenvalue weighted by Crippen LogP contribution is 2.24. The van der Waals surface area contributed by atoms with Gasteiger partial charge in [-0.05, 0) is 68.2 Å². The summed E-state index contributed by atoms with van der Waals surface area (Å²) >= 11 is 0. The SMILES string of the molecule is C#C.C=C/C=C(\C=C(/C)CO)CN(C(=O)CC1=CC=C(C)CC=C1)C1CCN(CCC(C)(C)C)CC1.CC. The summed E-state index contributed by atoms with van der Waals surface area (Å²) in [6.07, 6.45) is 26.7. The molecule has 212 valence electrons. The highest BCUT2D eigenvalue weighted by Gasteiger charge is 2.29.